The van der Waals surface area contributed by atoms with Gasteiger partial charge in [-0.25, -0.2) is 0 Å². The Bertz CT molecular complexity index is 940. The number of esters is 1. The lowest BCUT2D eigenvalue weighted by Crippen LogP contribution is -2.29. The van der Waals surface area contributed by atoms with E-state index in [4.69, 9.17) is 4.74 Å². The average molecular weight is 422 g/mol. The molecule has 2 aromatic rings. The van der Waals surface area contributed by atoms with Crippen LogP contribution in [0.5, 0.6) is 0 Å². The van der Waals surface area contributed by atoms with Gasteiger partial charge in [-0.2, -0.15) is 0 Å². The number of benzene rings is 2. The van der Waals surface area contributed by atoms with Crippen LogP contribution in [0, 0.1) is 5.92 Å². The quantitative estimate of drug-likeness (QED) is 0.496. The molecule has 1 fully saturated rings. The molecule has 1 heterocycles. The third kappa shape index (κ3) is 6.25. The number of hydrogen-bond acceptors (Lipinski definition) is 5. The second kappa shape index (κ2) is 10.5. The number of carbonyl (C=O) groups is 4. The fourth-order valence-electron chi connectivity index (χ4n) is 3.38. The number of nitrogens with zero attached hydrogens (tertiary/aromatic N) is 1. The molecule has 31 heavy (non-hydrogen) atoms. The van der Waals surface area contributed by atoms with E-state index in [9.17, 15) is 19.2 Å². The predicted octanol–water partition coefficient (Wildman–Crippen LogP) is 2.85. The number of Topliss-reactive ketones (excluding diaryl/α,β-unsaturated/α-hetero) is 1. The molecule has 0 spiro atoms. The standard InChI is InChI=1S/C24H26N2O5/c1-2-22(28)25-20-10-8-18(9-11-20)21(27)16-31-24(30)19-14-23(29)26(15-19)13-12-17-6-4-3-5-7-17/h3-11,19H,2,12-16H2,1H3,(H,25,28)/t19-/m0/s1. The molecule has 1 aliphatic rings. The second-order valence-corrected chi connectivity index (χ2v) is 7.49. The Hall–Kier alpha value is -3.48. The Morgan fingerprint density at radius 2 is 1.77 bits per heavy atom. The van der Waals surface area contributed by atoms with Gasteiger partial charge in [-0.1, -0.05) is 37.3 Å². The Morgan fingerprint density at radius 3 is 2.45 bits per heavy atom. The summed E-state index contributed by atoms with van der Waals surface area (Å²) < 4.78 is 5.18. The first-order valence-electron chi connectivity index (χ1n) is 10.4. The summed E-state index contributed by atoms with van der Waals surface area (Å²) in [6.07, 6.45) is 1.19. The highest BCUT2D eigenvalue weighted by molar-refractivity contribution is 5.99. The number of likely N-dealkylation sites (tertiary alicyclic amines) is 1. The summed E-state index contributed by atoms with van der Waals surface area (Å²) in [5.74, 6) is -1.61. The number of nitrogens with one attached hydrogen (secondary N) is 1. The van der Waals surface area contributed by atoms with Gasteiger partial charge in [-0.3, -0.25) is 19.2 Å². The molecule has 0 unspecified atom stereocenters. The normalized spacial score (nSPS) is 15.6. The van der Waals surface area contributed by atoms with Crippen molar-refractivity contribution in [2.24, 2.45) is 5.92 Å². The molecule has 1 aliphatic heterocycles. The van der Waals surface area contributed by atoms with Gasteiger partial charge in [0, 0.05) is 37.2 Å². The van der Waals surface area contributed by atoms with Gasteiger partial charge in [-0.05, 0) is 36.2 Å². The fraction of sp³-hybridized carbons (Fsp3) is 0.333. The van der Waals surface area contributed by atoms with Gasteiger partial charge in [0.2, 0.25) is 11.8 Å². The van der Waals surface area contributed by atoms with Crippen molar-refractivity contribution in [1.29, 1.82) is 0 Å². The SMILES string of the molecule is CCC(=O)Nc1ccc(C(=O)COC(=O)[C@H]2CC(=O)N(CCc3ccccc3)C2)cc1. The lowest BCUT2D eigenvalue weighted by atomic mass is 10.1. The monoisotopic (exact) mass is 422 g/mol. The molecule has 2 aromatic carbocycles. The maximum absolute atomic E-state index is 12.4. The zero-order valence-electron chi connectivity index (χ0n) is 17.5. The van der Waals surface area contributed by atoms with Crippen LogP contribution in [0.1, 0.15) is 35.7 Å². The molecule has 0 bridgehead atoms. The molecule has 0 aliphatic carbocycles. The van der Waals surface area contributed by atoms with Crippen molar-refractivity contribution in [3.63, 3.8) is 0 Å². The summed E-state index contributed by atoms with van der Waals surface area (Å²) >= 11 is 0. The van der Waals surface area contributed by atoms with Crippen molar-refractivity contribution < 1.29 is 23.9 Å². The van der Waals surface area contributed by atoms with Crippen LogP contribution in [0.25, 0.3) is 0 Å². The molecule has 0 saturated carbocycles. The van der Waals surface area contributed by atoms with Crippen LogP contribution in [-0.4, -0.2) is 48.2 Å². The molecule has 7 nitrogen and oxygen atoms in total. The molecular formula is C24H26N2O5. The summed E-state index contributed by atoms with van der Waals surface area (Å²) in [6, 6.07) is 16.3. The van der Waals surface area contributed by atoms with E-state index < -0.39 is 11.9 Å². The van der Waals surface area contributed by atoms with Crippen LogP contribution in [0.2, 0.25) is 0 Å². The summed E-state index contributed by atoms with van der Waals surface area (Å²) in [5, 5.41) is 2.70. The number of anilines is 1. The topological polar surface area (TPSA) is 92.8 Å². The molecule has 1 atom stereocenters. The van der Waals surface area contributed by atoms with E-state index in [1.165, 1.54) is 0 Å². The highest BCUT2D eigenvalue weighted by Gasteiger charge is 2.35. The number of ether oxygens (including phenoxy) is 1. The third-order valence-electron chi connectivity index (χ3n) is 5.22. The Balaban J connectivity index is 1.45. The van der Waals surface area contributed by atoms with Crippen molar-refractivity contribution in [2.45, 2.75) is 26.2 Å². The summed E-state index contributed by atoms with van der Waals surface area (Å²) in [6.45, 7) is 2.23. The van der Waals surface area contributed by atoms with Gasteiger partial charge in [0.05, 0.1) is 5.92 Å². The number of rotatable bonds is 9. The van der Waals surface area contributed by atoms with Gasteiger partial charge >= 0.3 is 5.97 Å². The van der Waals surface area contributed by atoms with Gasteiger partial charge in [0.1, 0.15) is 0 Å². The van der Waals surface area contributed by atoms with Crippen molar-refractivity contribution in [3.05, 3.63) is 65.7 Å². The Morgan fingerprint density at radius 1 is 1.06 bits per heavy atom. The second-order valence-electron chi connectivity index (χ2n) is 7.49. The van der Waals surface area contributed by atoms with E-state index in [0.29, 0.717) is 30.8 Å². The molecule has 3 rings (SSSR count). The van der Waals surface area contributed by atoms with Gasteiger partial charge in [0.15, 0.2) is 12.4 Å². The minimum absolute atomic E-state index is 0.0751. The number of ketones is 1. The van der Waals surface area contributed by atoms with E-state index in [1.54, 1.807) is 36.1 Å². The summed E-state index contributed by atoms with van der Waals surface area (Å²) in [7, 11) is 0. The minimum atomic E-state index is -0.553. The average Bonchev–Trinajstić information content (AvgIpc) is 3.17. The Kier molecular flexibility index (Phi) is 7.54. The molecule has 7 heteroatoms. The lowest BCUT2D eigenvalue weighted by Gasteiger charge is -2.16. The molecule has 1 N–H and O–H groups in total. The van der Waals surface area contributed by atoms with Crippen LogP contribution in [0.15, 0.2) is 54.6 Å². The van der Waals surface area contributed by atoms with Crippen molar-refractivity contribution in [2.75, 3.05) is 25.0 Å². The smallest absolute Gasteiger partial charge is 0.311 e. The molecule has 0 radical (unpaired) electrons. The van der Waals surface area contributed by atoms with Crippen molar-refractivity contribution >= 4 is 29.3 Å². The highest BCUT2D eigenvalue weighted by atomic mass is 16.5. The zero-order valence-corrected chi connectivity index (χ0v) is 17.5. The maximum atomic E-state index is 12.4. The summed E-state index contributed by atoms with van der Waals surface area (Å²) in [4.78, 5) is 49.9. The van der Waals surface area contributed by atoms with Crippen LogP contribution < -0.4 is 5.32 Å². The van der Waals surface area contributed by atoms with Crippen LogP contribution >= 0.6 is 0 Å². The molecule has 0 aromatic heterocycles. The highest BCUT2D eigenvalue weighted by Crippen LogP contribution is 2.20. The fourth-order valence-corrected chi connectivity index (χ4v) is 3.38. The van der Waals surface area contributed by atoms with Crippen LogP contribution in [0.4, 0.5) is 5.69 Å². The van der Waals surface area contributed by atoms with E-state index in [0.717, 1.165) is 12.0 Å². The molecular weight excluding hydrogens is 396 g/mol. The van der Waals surface area contributed by atoms with Gasteiger partial charge < -0.3 is 15.0 Å². The van der Waals surface area contributed by atoms with E-state index in [-0.39, 0.29) is 30.6 Å². The van der Waals surface area contributed by atoms with E-state index in [2.05, 4.69) is 5.32 Å². The molecule has 162 valence electrons. The minimum Gasteiger partial charge on any atom is -0.457 e. The van der Waals surface area contributed by atoms with Crippen molar-refractivity contribution in [1.82, 2.24) is 4.90 Å². The Labute approximate surface area is 181 Å². The molecule has 2 amide bonds. The predicted molar refractivity (Wildman–Crippen MR) is 115 cm³/mol. The van der Waals surface area contributed by atoms with E-state index in [1.807, 2.05) is 30.3 Å². The first-order chi connectivity index (χ1) is 15.0. The first kappa shape index (κ1) is 22.2. The van der Waals surface area contributed by atoms with Gasteiger partial charge in [0.25, 0.3) is 0 Å². The lowest BCUT2D eigenvalue weighted by molar-refractivity contribution is -0.147. The van der Waals surface area contributed by atoms with Gasteiger partial charge in [-0.15, -0.1) is 0 Å². The first-order valence-corrected chi connectivity index (χ1v) is 10.4. The van der Waals surface area contributed by atoms with Crippen LogP contribution in [-0.2, 0) is 25.5 Å². The third-order valence-corrected chi connectivity index (χ3v) is 5.22. The van der Waals surface area contributed by atoms with Crippen molar-refractivity contribution in [3.8, 4) is 0 Å². The van der Waals surface area contributed by atoms with Crippen LogP contribution in [0.3, 0.4) is 0 Å². The number of hydrogen-bond donors (Lipinski definition) is 1. The maximum Gasteiger partial charge on any atom is 0.311 e. The largest absolute Gasteiger partial charge is 0.457 e. The zero-order chi connectivity index (χ0) is 22.2. The van der Waals surface area contributed by atoms with E-state index >= 15 is 0 Å². The molecule has 1 saturated heterocycles. The number of carbonyl (C=O) groups excluding carboxylic acids is 4. The number of amides is 2. The summed E-state index contributed by atoms with van der Waals surface area (Å²) in [5.41, 5.74) is 2.11.